The molecule has 0 unspecified atom stereocenters. The number of nitrogen functional groups attached to an aromatic ring is 1. The van der Waals surface area contributed by atoms with E-state index in [-0.39, 0.29) is 156 Å². The summed E-state index contributed by atoms with van der Waals surface area (Å²) in [6.45, 7) is 1.22. The molecule has 1 aliphatic rings. The van der Waals surface area contributed by atoms with Crippen molar-refractivity contribution in [1.82, 2.24) is 24.8 Å². The van der Waals surface area contributed by atoms with Gasteiger partial charge in [-0.1, -0.05) is 47.7 Å². The molecule has 0 saturated carbocycles. The SMILES string of the molecule is CCOc1cc(OCC(=O)O)c(C#Cc2cc(CN(COC=O)Cc3cc(C#Cc4ccc5c(c4)C(CC(=O)O)(CC(=O)O)c4cc(N)ccc4-5)cc(CN(CC(=O)O)Cc4cc(C#Cc5c(OCC)cc(OCC(=O)O)cc5OCC)cc(OC=O)n4)n3)nc(C(=O)O)c2)c(OCC(=O)O)c1. The first-order valence-corrected chi connectivity index (χ1v) is 30.8. The number of carboxylic acid groups (broad SMARTS) is 7. The molecule has 0 fully saturated rings. The summed E-state index contributed by atoms with van der Waals surface area (Å²) in [7, 11) is 0. The molecule has 8 rings (SSSR count). The number of aliphatic carboxylic acids is 6. The van der Waals surface area contributed by atoms with Crippen LogP contribution in [0.25, 0.3) is 11.1 Å². The number of benzene rings is 4. The number of anilines is 1. The van der Waals surface area contributed by atoms with Crippen LogP contribution in [0.2, 0.25) is 0 Å². The molecule has 0 atom stereocenters. The molecule has 0 spiro atoms. The zero-order valence-corrected chi connectivity index (χ0v) is 54.7. The van der Waals surface area contributed by atoms with E-state index in [2.05, 4.69) is 45.5 Å². The highest BCUT2D eigenvalue weighted by Gasteiger charge is 2.47. The van der Waals surface area contributed by atoms with Crippen molar-refractivity contribution in [1.29, 1.82) is 0 Å². The average molecular weight is 1400 g/mol. The van der Waals surface area contributed by atoms with Crippen LogP contribution in [0.15, 0.2) is 97.1 Å². The maximum absolute atomic E-state index is 12.8. The molecule has 526 valence electrons. The highest BCUT2D eigenvalue weighted by molar-refractivity contribution is 5.89. The van der Waals surface area contributed by atoms with Crippen LogP contribution in [-0.2, 0) is 74.7 Å². The molecule has 0 radical (unpaired) electrons. The topological polar surface area (TPSA) is 440 Å². The van der Waals surface area contributed by atoms with Gasteiger partial charge in [0.1, 0.15) is 58.0 Å². The van der Waals surface area contributed by atoms with Gasteiger partial charge >= 0.3 is 41.8 Å². The van der Waals surface area contributed by atoms with Gasteiger partial charge in [-0.15, -0.1) is 0 Å². The Morgan fingerprint density at radius 1 is 0.461 bits per heavy atom. The zero-order chi connectivity index (χ0) is 73.6. The lowest BCUT2D eigenvalue weighted by molar-refractivity contribution is -0.142. The lowest BCUT2D eigenvalue weighted by Gasteiger charge is -2.29. The summed E-state index contributed by atoms with van der Waals surface area (Å²) in [4.78, 5) is 126. The number of aromatic carboxylic acids is 1. The molecule has 7 aromatic rings. The summed E-state index contributed by atoms with van der Waals surface area (Å²) in [5.74, 6) is 8.48. The number of ether oxygens (including phenoxy) is 8. The monoisotopic (exact) mass is 1400 g/mol. The number of hydrogen-bond donors (Lipinski definition) is 8. The summed E-state index contributed by atoms with van der Waals surface area (Å²) in [5.41, 5.74) is 7.74. The van der Waals surface area contributed by atoms with Crippen molar-refractivity contribution in [3.8, 4) is 87.0 Å². The lowest BCUT2D eigenvalue weighted by atomic mass is 9.72. The largest absolute Gasteiger partial charge is 0.494 e. The fourth-order valence-electron chi connectivity index (χ4n) is 11.0. The summed E-state index contributed by atoms with van der Waals surface area (Å²) < 4.78 is 44.1. The van der Waals surface area contributed by atoms with Crippen molar-refractivity contribution in [2.75, 3.05) is 58.7 Å². The van der Waals surface area contributed by atoms with Gasteiger partial charge in [-0.3, -0.25) is 38.8 Å². The lowest BCUT2D eigenvalue weighted by Crippen LogP contribution is -2.31. The van der Waals surface area contributed by atoms with Gasteiger partial charge in [-0.05, 0) is 97.6 Å². The molecule has 0 bridgehead atoms. The van der Waals surface area contributed by atoms with E-state index in [0.717, 1.165) is 6.07 Å². The predicted molar refractivity (Wildman–Crippen MR) is 355 cm³/mol. The molecule has 30 heteroatoms. The quantitative estimate of drug-likeness (QED) is 0.00990. The van der Waals surface area contributed by atoms with E-state index in [9.17, 15) is 78.9 Å². The first kappa shape index (κ1) is 74.5. The number of hydrogen-bond acceptors (Lipinski definition) is 23. The third-order valence-electron chi connectivity index (χ3n) is 14.6. The minimum absolute atomic E-state index is 0.00901. The Hall–Kier alpha value is -13.2. The van der Waals surface area contributed by atoms with E-state index >= 15 is 0 Å². The van der Waals surface area contributed by atoms with E-state index in [1.807, 2.05) is 0 Å². The van der Waals surface area contributed by atoms with Gasteiger partial charge in [0, 0.05) is 89.9 Å². The van der Waals surface area contributed by atoms with Gasteiger partial charge in [0.2, 0.25) is 5.88 Å². The van der Waals surface area contributed by atoms with Crippen LogP contribution < -0.4 is 38.9 Å². The number of nitrogens with two attached hydrogens (primary N) is 1. The smallest absolute Gasteiger partial charge is 0.354 e. The molecule has 30 nitrogen and oxygen atoms in total. The maximum atomic E-state index is 12.8. The van der Waals surface area contributed by atoms with Crippen LogP contribution in [0.1, 0.15) is 111 Å². The Balaban J connectivity index is 1.22. The van der Waals surface area contributed by atoms with Crippen LogP contribution >= 0.6 is 0 Å². The molecule has 4 aromatic carbocycles. The Labute approximate surface area is 580 Å². The zero-order valence-electron chi connectivity index (χ0n) is 54.7. The number of nitrogens with zero attached hydrogens (tertiary/aromatic N) is 5. The number of fused-ring (bicyclic) bond motifs is 3. The van der Waals surface area contributed by atoms with Crippen LogP contribution in [0, 0.1) is 35.5 Å². The van der Waals surface area contributed by atoms with Crippen LogP contribution in [-0.4, -0.2) is 168 Å². The fourth-order valence-corrected chi connectivity index (χ4v) is 11.0. The third-order valence-corrected chi connectivity index (χ3v) is 14.6. The first-order valence-electron chi connectivity index (χ1n) is 30.8. The van der Waals surface area contributed by atoms with Crippen LogP contribution in [0.5, 0.6) is 40.4 Å². The van der Waals surface area contributed by atoms with E-state index in [0.29, 0.717) is 27.8 Å². The molecule has 0 amide bonds. The van der Waals surface area contributed by atoms with Crippen molar-refractivity contribution in [2.45, 2.75) is 65.2 Å². The number of rotatable bonds is 35. The van der Waals surface area contributed by atoms with Crippen molar-refractivity contribution in [3.63, 3.8) is 0 Å². The van der Waals surface area contributed by atoms with Crippen molar-refractivity contribution in [2.24, 2.45) is 0 Å². The van der Waals surface area contributed by atoms with E-state index in [4.69, 9.17) is 48.6 Å². The van der Waals surface area contributed by atoms with Crippen LogP contribution in [0.3, 0.4) is 0 Å². The highest BCUT2D eigenvalue weighted by atomic mass is 16.5. The van der Waals surface area contributed by atoms with E-state index in [1.165, 1.54) is 52.3 Å². The Morgan fingerprint density at radius 3 is 1.41 bits per heavy atom. The highest BCUT2D eigenvalue weighted by Crippen LogP contribution is 2.53. The number of pyridine rings is 3. The van der Waals surface area contributed by atoms with Crippen molar-refractivity contribution >= 4 is 60.4 Å². The number of carbonyl (C=O) groups excluding carboxylic acids is 2. The molecular formula is C72H64N6O24. The molecule has 3 aromatic heterocycles. The molecule has 1 aliphatic carbocycles. The molecule has 102 heavy (non-hydrogen) atoms. The fraction of sp³-hybridized carbons (Fsp3) is 0.250. The van der Waals surface area contributed by atoms with Crippen molar-refractivity contribution in [3.05, 3.63) is 170 Å². The number of carboxylic acids is 7. The Morgan fingerprint density at radius 2 is 0.912 bits per heavy atom. The van der Waals surface area contributed by atoms with Gasteiger partial charge in [-0.2, -0.15) is 0 Å². The summed E-state index contributed by atoms with van der Waals surface area (Å²) in [6, 6.07) is 23.8. The van der Waals surface area contributed by atoms with Gasteiger partial charge < -0.3 is 79.4 Å². The van der Waals surface area contributed by atoms with E-state index < -0.39 is 98.8 Å². The minimum atomic E-state index is -1.58. The normalized spacial score (nSPS) is 11.3. The second kappa shape index (κ2) is 34.8. The minimum Gasteiger partial charge on any atom is -0.494 e. The molecule has 0 saturated heterocycles. The summed E-state index contributed by atoms with van der Waals surface area (Å²) in [6.07, 6.45) is -1.23. The molecular weight excluding hydrogens is 1330 g/mol. The maximum Gasteiger partial charge on any atom is 0.354 e. The van der Waals surface area contributed by atoms with Crippen molar-refractivity contribution < 1.29 is 117 Å². The third kappa shape index (κ3) is 20.4. The van der Waals surface area contributed by atoms with E-state index in [1.54, 1.807) is 69.3 Å². The Bertz CT molecular complexity index is 4530. The standard InChI is InChI=1S/C72H64N6O24/c1-4-96-51-25-62(100-37-69(89)90)56(63(26-51)101-38-70(91)92)14-10-44-19-49(75-59(22-44)71(93)94)34-78(39-95-40-79)33-48-18-43(8-7-42-9-13-53-54-16-12-46(73)24-58(54)72(29-65(81)82,30-66(83)84)57(53)21-42)17-47(74-48)31-77(35-67(85)86)32-50-20-45(23-64(76-50)102-41-80)11-15-55-60(97-5-2)27-52(99-36-68(87)88)28-61(55)98-6-3/h9,12-13,16-28,40-41H,4-6,29-39,73H2,1-3H3,(H,81,82)(H,83,84)(H,85,86)(H,87,88)(H,89,90)(H,91,92)(H,93,94). The van der Waals surface area contributed by atoms with Gasteiger partial charge in [-0.25, -0.2) is 29.1 Å². The average Bonchev–Trinajstić information content (AvgIpc) is 1.56. The molecule has 9 N–H and O–H groups in total. The number of aromatic nitrogens is 3. The molecule has 3 heterocycles. The van der Waals surface area contributed by atoms with Gasteiger partial charge in [0.25, 0.3) is 12.9 Å². The first-order chi connectivity index (χ1) is 48.9. The Kier molecular flexibility index (Phi) is 25.4. The summed E-state index contributed by atoms with van der Waals surface area (Å²) >= 11 is 0. The predicted octanol–water partition coefficient (Wildman–Crippen LogP) is 5.91. The second-order valence-electron chi connectivity index (χ2n) is 22.2. The van der Waals surface area contributed by atoms with Gasteiger partial charge in [0.15, 0.2) is 19.8 Å². The second-order valence-corrected chi connectivity index (χ2v) is 22.2. The molecule has 0 aliphatic heterocycles. The van der Waals surface area contributed by atoms with Gasteiger partial charge in [0.05, 0.1) is 62.0 Å². The number of carbonyl (C=O) groups is 9. The summed E-state index contributed by atoms with van der Waals surface area (Å²) in [5, 5.41) is 69.5. The van der Waals surface area contributed by atoms with Crippen LogP contribution in [0.4, 0.5) is 5.69 Å².